The van der Waals surface area contributed by atoms with Gasteiger partial charge in [0.05, 0.1) is 0 Å². The molecule has 0 radical (unpaired) electrons. The number of rotatable bonds is 1. The Morgan fingerprint density at radius 2 is 1.91 bits per heavy atom. The number of anilines is 2. The van der Waals surface area contributed by atoms with E-state index in [0.717, 1.165) is 0 Å². The van der Waals surface area contributed by atoms with Gasteiger partial charge in [-0.3, -0.25) is 0 Å². The van der Waals surface area contributed by atoms with E-state index >= 15 is 0 Å². The Bertz CT molecular complexity index is 905. The topological polar surface area (TPSA) is 20.0 Å². The van der Waals surface area contributed by atoms with Gasteiger partial charge in [-0.15, -0.1) is 0 Å². The van der Waals surface area contributed by atoms with Gasteiger partial charge in [-0.25, -0.2) is 0 Å². The molecule has 0 aliphatic carbocycles. The van der Waals surface area contributed by atoms with Crippen LogP contribution in [-0.4, -0.2) is 27.0 Å². The molecule has 0 saturated heterocycles. The fraction of sp³-hybridized carbons (Fsp3) is 0.158. The van der Waals surface area contributed by atoms with Gasteiger partial charge in [0.2, 0.25) is 0 Å². The summed E-state index contributed by atoms with van der Waals surface area (Å²) in [5.41, 5.74) is 6.47. The molecule has 0 amide bonds. The molecule has 0 atom stereocenters. The van der Waals surface area contributed by atoms with Gasteiger partial charge in [-0.05, 0) is 0 Å². The molecule has 0 spiro atoms. The van der Waals surface area contributed by atoms with E-state index in [1.807, 2.05) is 12.3 Å². The second-order valence-electron chi connectivity index (χ2n) is 5.79. The van der Waals surface area contributed by atoms with Gasteiger partial charge in [0.1, 0.15) is 0 Å². The number of fused-ring (bicyclic) bond motifs is 2. The molecular weight excluding hydrogens is 349 g/mol. The number of hydrogen-bond donors (Lipinski definition) is 0. The summed E-state index contributed by atoms with van der Waals surface area (Å²) in [6.45, 7) is 2.20. The third-order valence-electron chi connectivity index (χ3n) is 4.33. The van der Waals surface area contributed by atoms with E-state index < -0.39 is 0 Å². The summed E-state index contributed by atoms with van der Waals surface area (Å²) >= 11 is 0.211. The van der Waals surface area contributed by atoms with Crippen LogP contribution in [0.15, 0.2) is 54.9 Å². The van der Waals surface area contributed by atoms with Crippen LogP contribution in [0.25, 0.3) is 11.3 Å². The third kappa shape index (κ3) is 2.26. The van der Waals surface area contributed by atoms with Gasteiger partial charge >= 0.3 is 143 Å². The van der Waals surface area contributed by atoms with Crippen LogP contribution in [0, 0.1) is 6.92 Å². The SMILES string of the molecule is Cc1ccc2c(c1-c1cccc[n+]1C)[Se]c1ncccc1N2C. The zero-order chi connectivity index (χ0) is 16.0. The summed E-state index contributed by atoms with van der Waals surface area (Å²) in [5, 5.41) is 0. The van der Waals surface area contributed by atoms with Crippen molar-refractivity contribution < 1.29 is 4.57 Å². The quantitative estimate of drug-likeness (QED) is 0.481. The minimum absolute atomic E-state index is 0.211. The molecule has 0 N–H and O–H groups in total. The van der Waals surface area contributed by atoms with Crippen LogP contribution in [0.2, 0.25) is 0 Å². The van der Waals surface area contributed by atoms with E-state index in [2.05, 4.69) is 78.1 Å². The van der Waals surface area contributed by atoms with Gasteiger partial charge in [0.15, 0.2) is 0 Å². The van der Waals surface area contributed by atoms with Gasteiger partial charge < -0.3 is 0 Å². The van der Waals surface area contributed by atoms with Crippen LogP contribution in [-0.2, 0) is 7.05 Å². The first kappa shape index (κ1) is 14.4. The average Bonchev–Trinajstić information content (AvgIpc) is 2.56. The summed E-state index contributed by atoms with van der Waals surface area (Å²) in [6.07, 6.45) is 4.01. The molecule has 3 nitrogen and oxygen atoms in total. The van der Waals surface area contributed by atoms with E-state index in [-0.39, 0.29) is 15.0 Å². The second-order valence-corrected chi connectivity index (χ2v) is 7.89. The van der Waals surface area contributed by atoms with E-state index in [4.69, 9.17) is 0 Å². The second kappa shape index (κ2) is 5.48. The molecule has 1 aromatic carbocycles. The Morgan fingerprint density at radius 3 is 2.74 bits per heavy atom. The average molecular weight is 367 g/mol. The van der Waals surface area contributed by atoms with Crippen LogP contribution in [0.4, 0.5) is 11.4 Å². The van der Waals surface area contributed by atoms with E-state index in [1.165, 1.54) is 37.2 Å². The monoisotopic (exact) mass is 368 g/mol. The Morgan fingerprint density at radius 1 is 1.04 bits per heavy atom. The molecule has 0 bridgehead atoms. The number of pyridine rings is 2. The van der Waals surface area contributed by atoms with Crippen molar-refractivity contribution in [2.45, 2.75) is 6.92 Å². The number of aromatic nitrogens is 2. The fourth-order valence-electron chi connectivity index (χ4n) is 3.08. The number of hydrogen-bond acceptors (Lipinski definition) is 2. The standard InChI is InChI=1S/C19H18N3Se/c1-13-9-10-15-18(17(13)14-7-4-5-12-21(14)2)23-19-16(22(15)3)8-6-11-20-19/h4-12H,1-3H3/q+1. The molecule has 4 heteroatoms. The molecule has 3 aromatic rings. The summed E-state index contributed by atoms with van der Waals surface area (Å²) in [4.78, 5) is 6.91. The molecule has 3 heterocycles. The predicted molar refractivity (Wildman–Crippen MR) is 95.1 cm³/mol. The number of nitrogens with zero attached hydrogens (tertiary/aromatic N) is 3. The Kier molecular flexibility index (Phi) is 3.44. The Balaban J connectivity index is 1.98. The van der Waals surface area contributed by atoms with E-state index in [1.54, 1.807) is 0 Å². The number of aryl methyl sites for hydroxylation is 2. The number of benzene rings is 1. The first-order valence-corrected chi connectivity index (χ1v) is 9.33. The molecule has 0 saturated carbocycles. The normalized spacial score (nSPS) is 12.7. The zero-order valence-corrected chi connectivity index (χ0v) is 15.2. The fourth-order valence-corrected chi connectivity index (χ4v) is 5.80. The molecule has 23 heavy (non-hydrogen) atoms. The zero-order valence-electron chi connectivity index (χ0n) is 13.4. The van der Waals surface area contributed by atoms with Crippen molar-refractivity contribution >= 4 is 35.4 Å². The van der Waals surface area contributed by atoms with Crippen molar-refractivity contribution in [3.8, 4) is 11.3 Å². The summed E-state index contributed by atoms with van der Waals surface area (Å²) in [6, 6.07) is 15.0. The summed E-state index contributed by atoms with van der Waals surface area (Å²) in [5.74, 6) is 0. The molecule has 1 aliphatic rings. The van der Waals surface area contributed by atoms with Crippen molar-refractivity contribution in [1.29, 1.82) is 0 Å². The molecule has 0 fully saturated rings. The van der Waals surface area contributed by atoms with E-state index in [0.29, 0.717) is 0 Å². The van der Waals surface area contributed by atoms with Gasteiger partial charge in [-0.2, -0.15) is 0 Å². The maximum absolute atomic E-state index is 4.63. The summed E-state index contributed by atoms with van der Waals surface area (Å²) < 4.78 is 4.83. The van der Waals surface area contributed by atoms with Crippen molar-refractivity contribution in [2.24, 2.45) is 7.05 Å². The summed E-state index contributed by atoms with van der Waals surface area (Å²) in [7, 11) is 4.25. The van der Waals surface area contributed by atoms with Crippen LogP contribution >= 0.6 is 0 Å². The van der Waals surface area contributed by atoms with Crippen LogP contribution in [0.3, 0.4) is 0 Å². The van der Waals surface area contributed by atoms with Crippen molar-refractivity contribution in [3.63, 3.8) is 0 Å². The molecule has 4 rings (SSSR count). The van der Waals surface area contributed by atoms with Crippen molar-refractivity contribution in [3.05, 3.63) is 60.4 Å². The van der Waals surface area contributed by atoms with Crippen LogP contribution < -0.4 is 18.5 Å². The van der Waals surface area contributed by atoms with Crippen LogP contribution in [0.1, 0.15) is 5.56 Å². The maximum atomic E-state index is 4.63. The Labute approximate surface area is 142 Å². The first-order chi connectivity index (χ1) is 11.2. The predicted octanol–water partition coefficient (Wildman–Crippen LogP) is 1.62. The van der Waals surface area contributed by atoms with Gasteiger partial charge in [0, 0.05) is 0 Å². The van der Waals surface area contributed by atoms with Gasteiger partial charge in [-0.1, -0.05) is 0 Å². The third-order valence-corrected chi connectivity index (χ3v) is 6.69. The van der Waals surface area contributed by atoms with Crippen molar-refractivity contribution in [1.82, 2.24) is 4.98 Å². The molecule has 1 aliphatic heterocycles. The van der Waals surface area contributed by atoms with Gasteiger partial charge in [0.25, 0.3) is 0 Å². The molecule has 114 valence electrons. The first-order valence-electron chi connectivity index (χ1n) is 7.62. The Hall–Kier alpha value is -2.16. The van der Waals surface area contributed by atoms with E-state index in [9.17, 15) is 0 Å². The molecule has 2 aromatic heterocycles. The molecular formula is C19H18N3Se+. The minimum atomic E-state index is 0.211. The van der Waals surface area contributed by atoms with Crippen LogP contribution in [0.5, 0.6) is 0 Å². The van der Waals surface area contributed by atoms with Crippen molar-refractivity contribution in [2.75, 3.05) is 11.9 Å². The molecule has 0 unspecified atom stereocenters.